The predicted molar refractivity (Wildman–Crippen MR) is 139 cm³/mol. The smallest absolute Gasteiger partial charge is 0.150 e. The molecule has 32 heavy (non-hydrogen) atoms. The molecule has 3 aliphatic carbocycles. The van der Waals surface area contributed by atoms with E-state index in [0.29, 0.717) is 24.3 Å². The van der Waals surface area contributed by atoms with Crippen LogP contribution in [0.15, 0.2) is 80.8 Å². The fourth-order valence-electron chi connectivity index (χ4n) is 4.94. The van der Waals surface area contributed by atoms with Gasteiger partial charge in [0.1, 0.15) is 5.84 Å². The van der Waals surface area contributed by atoms with Gasteiger partial charge in [0.25, 0.3) is 0 Å². The third kappa shape index (κ3) is 4.66. The van der Waals surface area contributed by atoms with Crippen molar-refractivity contribution in [1.29, 1.82) is 0 Å². The van der Waals surface area contributed by atoms with Crippen molar-refractivity contribution in [2.75, 3.05) is 6.54 Å². The maximum atomic E-state index is 6.56. The summed E-state index contributed by atoms with van der Waals surface area (Å²) in [6, 6.07) is 4.74. The molecule has 166 valence electrons. The van der Waals surface area contributed by atoms with E-state index in [-0.39, 0.29) is 0 Å². The predicted octanol–water partition coefficient (Wildman–Crippen LogP) is 7.58. The van der Waals surface area contributed by atoms with Gasteiger partial charge in [-0.25, -0.2) is 4.99 Å². The Morgan fingerprint density at radius 1 is 1.16 bits per heavy atom. The Balaban J connectivity index is 1.65. The van der Waals surface area contributed by atoms with Crippen LogP contribution in [0.1, 0.15) is 55.4 Å². The second-order valence-electron chi connectivity index (χ2n) is 9.27. The number of allylic oxidation sites excluding steroid dienone is 8. The minimum absolute atomic E-state index is 0.346. The molecule has 3 unspecified atom stereocenters. The third-order valence-corrected chi connectivity index (χ3v) is 7.30. The van der Waals surface area contributed by atoms with E-state index in [9.17, 15) is 0 Å². The van der Waals surface area contributed by atoms with Gasteiger partial charge in [-0.1, -0.05) is 60.2 Å². The van der Waals surface area contributed by atoms with Crippen LogP contribution in [0.3, 0.4) is 0 Å². The zero-order valence-corrected chi connectivity index (χ0v) is 20.6. The number of nitrogens with zero attached hydrogens (tertiary/aromatic N) is 2. The van der Waals surface area contributed by atoms with Crippen LogP contribution >= 0.6 is 11.6 Å². The van der Waals surface area contributed by atoms with Crippen LogP contribution in [0, 0.1) is 25.7 Å². The van der Waals surface area contributed by atoms with Crippen LogP contribution in [0.2, 0.25) is 0 Å². The van der Waals surface area contributed by atoms with Gasteiger partial charge in [-0.2, -0.15) is 0 Å². The SMILES string of the molecule is C/C=C(C)/C(=N/CC1=CC(Cl)=CC2Cc3cc(C)c(C)cc3C12)/N=C(\C)C1C=CC=CC1. The molecule has 0 aromatic heterocycles. The van der Waals surface area contributed by atoms with Crippen molar-refractivity contribution in [3.05, 3.63) is 93.1 Å². The molecule has 0 saturated heterocycles. The Morgan fingerprint density at radius 2 is 1.94 bits per heavy atom. The number of aliphatic imine (C=N–C) groups is 2. The highest BCUT2D eigenvalue weighted by Crippen LogP contribution is 2.47. The van der Waals surface area contributed by atoms with Gasteiger partial charge in [0.2, 0.25) is 0 Å². The van der Waals surface area contributed by atoms with Crippen molar-refractivity contribution in [3.63, 3.8) is 0 Å². The van der Waals surface area contributed by atoms with Gasteiger partial charge in [0.05, 0.1) is 6.54 Å². The second kappa shape index (κ2) is 9.58. The molecule has 4 rings (SSSR count). The molecule has 0 N–H and O–H groups in total. The number of benzene rings is 1. The summed E-state index contributed by atoms with van der Waals surface area (Å²) < 4.78 is 0. The van der Waals surface area contributed by atoms with E-state index in [4.69, 9.17) is 21.6 Å². The average Bonchev–Trinajstić information content (AvgIpc) is 3.13. The number of rotatable bonds is 4. The van der Waals surface area contributed by atoms with E-state index in [0.717, 1.165) is 35.0 Å². The normalized spacial score (nSPS) is 25.4. The molecule has 1 aromatic carbocycles. The largest absolute Gasteiger partial charge is 0.262 e. The number of hydrogen-bond donors (Lipinski definition) is 0. The maximum absolute atomic E-state index is 6.56. The van der Waals surface area contributed by atoms with Crippen LogP contribution < -0.4 is 0 Å². The number of aryl methyl sites for hydroxylation is 2. The van der Waals surface area contributed by atoms with Crippen LogP contribution in [0.25, 0.3) is 0 Å². The van der Waals surface area contributed by atoms with Crippen LogP contribution in [0.5, 0.6) is 0 Å². The second-order valence-corrected chi connectivity index (χ2v) is 9.71. The number of fused-ring (bicyclic) bond motifs is 3. The van der Waals surface area contributed by atoms with Gasteiger partial charge < -0.3 is 0 Å². The molecule has 0 heterocycles. The zero-order valence-electron chi connectivity index (χ0n) is 19.8. The summed E-state index contributed by atoms with van der Waals surface area (Å²) in [5.41, 5.74) is 9.12. The first-order valence-corrected chi connectivity index (χ1v) is 12.0. The molecular weight excluding hydrogens is 412 g/mol. The first-order valence-electron chi connectivity index (χ1n) is 11.6. The molecule has 3 heteroatoms. The number of halogens is 1. The minimum atomic E-state index is 0.346. The standard InChI is InChI=1S/C29H33ClN2/c1-6-18(2)29(32-21(5)22-10-8-7-9-11-22)31-17-25-16-26(30)15-24-14-23-12-19(3)20(4)13-27(23)28(24)25/h6-10,12-13,15-16,22,24,28H,11,14,17H2,1-5H3/b18-6+,31-29-,32-21+. The highest BCUT2D eigenvalue weighted by atomic mass is 35.5. The summed E-state index contributed by atoms with van der Waals surface area (Å²) in [4.78, 5) is 9.99. The molecule has 0 aliphatic heterocycles. The van der Waals surface area contributed by atoms with Crippen LogP contribution in [-0.4, -0.2) is 18.1 Å². The summed E-state index contributed by atoms with van der Waals surface area (Å²) in [7, 11) is 0. The Bertz CT molecular complexity index is 1120. The molecular formula is C29H33ClN2. The lowest BCUT2D eigenvalue weighted by Crippen LogP contribution is -2.16. The first-order chi connectivity index (χ1) is 15.4. The number of amidine groups is 1. The highest BCUT2D eigenvalue weighted by molar-refractivity contribution is 6.31. The van der Waals surface area contributed by atoms with Crippen LogP contribution in [-0.2, 0) is 6.42 Å². The zero-order chi connectivity index (χ0) is 22.8. The first kappa shape index (κ1) is 22.7. The fraction of sp³-hybridized carbons (Fsp3) is 0.379. The van der Waals surface area contributed by atoms with E-state index < -0.39 is 0 Å². The van der Waals surface area contributed by atoms with Gasteiger partial charge in [-0.3, -0.25) is 4.99 Å². The molecule has 0 radical (unpaired) electrons. The third-order valence-electron chi connectivity index (χ3n) is 7.07. The Labute approximate surface area is 197 Å². The molecule has 0 bridgehead atoms. The fourth-order valence-corrected chi connectivity index (χ4v) is 5.25. The average molecular weight is 445 g/mol. The van der Waals surface area contributed by atoms with Gasteiger partial charge in [-0.05, 0) is 92.9 Å². The topological polar surface area (TPSA) is 24.7 Å². The van der Waals surface area contributed by atoms with E-state index >= 15 is 0 Å². The summed E-state index contributed by atoms with van der Waals surface area (Å²) in [5.74, 6) is 1.96. The summed E-state index contributed by atoms with van der Waals surface area (Å²) >= 11 is 6.56. The quantitative estimate of drug-likeness (QED) is 0.337. The van der Waals surface area contributed by atoms with Gasteiger partial charge in [0, 0.05) is 22.6 Å². The van der Waals surface area contributed by atoms with Gasteiger partial charge in [0.15, 0.2) is 0 Å². The van der Waals surface area contributed by atoms with Crippen molar-refractivity contribution in [3.8, 4) is 0 Å². The molecule has 3 aliphatic rings. The number of hydrogen-bond acceptors (Lipinski definition) is 1. The summed E-state index contributed by atoms with van der Waals surface area (Å²) in [5, 5.41) is 0.834. The molecule has 1 aromatic rings. The Morgan fingerprint density at radius 3 is 2.66 bits per heavy atom. The van der Waals surface area contributed by atoms with E-state index in [1.165, 1.54) is 27.8 Å². The highest BCUT2D eigenvalue weighted by Gasteiger charge is 2.36. The van der Waals surface area contributed by atoms with E-state index in [1.54, 1.807) is 0 Å². The lowest BCUT2D eigenvalue weighted by Gasteiger charge is -2.25. The molecule has 0 spiro atoms. The van der Waals surface area contributed by atoms with Gasteiger partial charge >= 0.3 is 0 Å². The summed E-state index contributed by atoms with van der Waals surface area (Å²) in [6.07, 6.45) is 17.1. The molecule has 0 fully saturated rings. The van der Waals surface area contributed by atoms with Crippen molar-refractivity contribution < 1.29 is 0 Å². The molecule has 3 atom stereocenters. The van der Waals surface area contributed by atoms with Crippen LogP contribution in [0.4, 0.5) is 0 Å². The van der Waals surface area contributed by atoms with Crippen molar-refractivity contribution in [1.82, 2.24) is 0 Å². The Kier molecular flexibility index (Phi) is 6.81. The monoisotopic (exact) mass is 444 g/mol. The van der Waals surface area contributed by atoms with Crippen molar-refractivity contribution in [2.24, 2.45) is 21.8 Å². The molecule has 0 amide bonds. The van der Waals surface area contributed by atoms with Crippen molar-refractivity contribution in [2.45, 2.75) is 53.4 Å². The van der Waals surface area contributed by atoms with E-state index in [2.05, 4.69) is 82.4 Å². The van der Waals surface area contributed by atoms with Crippen molar-refractivity contribution >= 4 is 23.1 Å². The Hall–Kier alpha value is -2.45. The summed E-state index contributed by atoms with van der Waals surface area (Å²) in [6.45, 7) is 11.3. The lowest BCUT2D eigenvalue weighted by molar-refractivity contribution is 0.595. The molecule has 0 saturated carbocycles. The molecule has 2 nitrogen and oxygen atoms in total. The minimum Gasteiger partial charge on any atom is -0.262 e. The van der Waals surface area contributed by atoms with Gasteiger partial charge in [-0.15, -0.1) is 0 Å². The lowest BCUT2D eigenvalue weighted by atomic mass is 9.81. The maximum Gasteiger partial charge on any atom is 0.150 e. The van der Waals surface area contributed by atoms with E-state index in [1.807, 2.05) is 6.92 Å².